The third-order valence-electron chi connectivity index (χ3n) is 1.90. The monoisotopic (exact) mass is 284 g/mol. The third kappa shape index (κ3) is 5.84. The summed E-state index contributed by atoms with van der Waals surface area (Å²) >= 11 is 0.930. The normalized spacial score (nSPS) is 11.7. The molecule has 0 spiro atoms. The molecule has 1 aromatic rings. The highest BCUT2D eigenvalue weighted by Gasteiger charge is 2.25. The quantitative estimate of drug-likeness (QED) is 0.605. The first kappa shape index (κ1) is 14.7. The van der Waals surface area contributed by atoms with Crippen LogP contribution in [0.1, 0.15) is 19.3 Å². The van der Waals surface area contributed by atoms with Crippen LogP contribution >= 0.6 is 11.8 Å². The van der Waals surface area contributed by atoms with Crippen molar-refractivity contribution in [2.75, 3.05) is 5.75 Å². The molecule has 0 unspecified atom stereocenters. The van der Waals surface area contributed by atoms with Gasteiger partial charge in [0.05, 0.1) is 5.75 Å². The van der Waals surface area contributed by atoms with Gasteiger partial charge in [0.1, 0.15) is 0 Å². The Kier molecular flexibility index (Phi) is 5.38. The molecule has 0 atom stereocenters. The van der Waals surface area contributed by atoms with Crippen LogP contribution in [0.4, 0.5) is 13.2 Å². The van der Waals surface area contributed by atoms with Crippen molar-refractivity contribution in [3.8, 4) is 0 Å². The summed E-state index contributed by atoms with van der Waals surface area (Å²) in [6.07, 6.45) is -4.72. The van der Waals surface area contributed by atoms with Crippen LogP contribution in [0, 0.1) is 0 Å². The van der Waals surface area contributed by atoms with E-state index in [2.05, 4.69) is 15.5 Å². The van der Waals surface area contributed by atoms with Crippen molar-refractivity contribution < 1.29 is 23.1 Å². The molecule has 0 aliphatic carbocycles. The van der Waals surface area contributed by atoms with Gasteiger partial charge in [0.25, 0.3) is 0 Å². The highest BCUT2D eigenvalue weighted by Crippen LogP contribution is 2.22. The molecule has 1 aromatic heterocycles. The first-order chi connectivity index (χ1) is 8.38. The molecule has 102 valence electrons. The van der Waals surface area contributed by atoms with Gasteiger partial charge >= 0.3 is 12.1 Å². The minimum Gasteiger partial charge on any atom is -0.481 e. The largest absolute Gasteiger partial charge is 0.481 e. The van der Waals surface area contributed by atoms with Crippen molar-refractivity contribution in [3.63, 3.8) is 0 Å². The predicted molar refractivity (Wildman–Crippen MR) is 56.1 cm³/mol. The maximum Gasteiger partial charge on any atom is 0.389 e. The summed E-state index contributed by atoms with van der Waals surface area (Å²) in [5.74, 6) is -1.20. The molecule has 1 heterocycles. The Labute approximate surface area is 105 Å². The number of unbranched alkanes of at least 4 members (excludes halogenated alkanes) is 1. The summed E-state index contributed by atoms with van der Waals surface area (Å²) in [5, 5.41) is 19.3. The number of carboxylic acid groups (broad SMARTS) is 1. The molecule has 0 amide bonds. The zero-order valence-corrected chi connectivity index (χ0v) is 10.0. The Bertz CT molecular complexity index is 396. The van der Waals surface area contributed by atoms with Crippen molar-refractivity contribution in [2.24, 2.45) is 0 Å². The highest BCUT2D eigenvalue weighted by molar-refractivity contribution is 7.99. The summed E-state index contributed by atoms with van der Waals surface area (Å²) < 4.78 is 37.0. The lowest BCUT2D eigenvalue weighted by molar-refractivity contribution is -0.136. The average molecular weight is 284 g/mol. The number of thioether (sulfide) groups is 1. The second-order valence-electron chi connectivity index (χ2n) is 3.44. The standard InChI is InChI=1S/C8H11F3N4O2S/c9-8(10,11)3-1-2-4-15-7(12-13-14-15)18-5-6(16)17/h1-5H2,(H,16,17). The zero-order chi connectivity index (χ0) is 13.6. The van der Waals surface area contributed by atoms with E-state index in [1.54, 1.807) is 0 Å². The summed E-state index contributed by atoms with van der Waals surface area (Å²) in [6.45, 7) is 0.241. The number of tetrazole rings is 1. The number of hydrogen-bond donors (Lipinski definition) is 1. The van der Waals surface area contributed by atoms with Crippen LogP contribution in [0.5, 0.6) is 0 Å². The molecule has 0 saturated heterocycles. The number of aromatic nitrogens is 4. The first-order valence-electron chi connectivity index (χ1n) is 5.06. The molecule has 0 fully saturated rings. The lowest BCUT2D eigenvalue weighted by Gasteiger charge is -2.06. The van der Waals surface area contributed by atoms with Crippen LogP contribution in [0.2, 0.25) is 0 Å². The van der Waals surface area contributed by atoms with Gasteiger partial charge in [0, 0.05) is 13.0 Å². The van der Waals surface area contributed by atoms with Crippen molar-refractivity contribution in [1.82, 2.24) is 20.2 Å². The van der Waals surface area contributed by atoms with Gasteiger partial charge in [0.15, 0.2) is 0 Å². The van der Waals surface area contributed by atoms with Crippen molar-refractivity contribution in [1.29, 1.82) is 0 Å². The number of carbonyl (C=O) groups is 1. The number of halogens is 3. The van der Waals surface area contributed by atoms with Crippen molar-refractivity contribution >= 4 is 17.7 Å². The zero-order valence-electron chi connectivity index (χ0n) is 9.22. The van der Waals surface area contributed by atoms with Crippen molar-refractivity contribution in [3.05, 3.63) is 0 Å². The molecule has 0 aliphatic rings. The fourth-order valence-corrected chi connectivity index (χ4v) is 1.78. The minimum atomic E-state index is -4.15. The molecule has 1 rings (SSSR count). The number of alkyl halides is 3. The Morgan fingerprint density at radius 2 is 2.11 bits per heavy atom. The van der Waals surface area contributed by atoms with Gasteiger partial charge in [0.2, 0.25) is 5.16 Å². The Hall–Kier alpha value is -1.32. The van der Waals surface area contributed by atoms with E-state index in [-0.39, 0.29) is 25.1 Å². The number of aliphatic carboxylic acids is 1. The van der Waals surface area contributed by atoms with Crippen LogP contribution in [-0.2, 0) is 11.3 Å². The molecule has 10 heteroatoms. The molecule has 0 bridgehead atoms. The van der Waals surface area contributed by atoms with E-state index in [1.807, 2.05) is 0 Å². The second kappa shape index (κ2) is 6.57. The Morgan fingerprint density at radius 3 is 2.72 bits per heavy atom. The molecular weight excluding hydrogens is 273 g/mol. The summed E-state index contributed by atoms with van der Waals surface area (Å²) in [7, 11) is 0. The Balaban J connectivity index is 2.34. The van der Waals surface area contributed by atoms with E-state index >= 15 is 0 Å². The van der Waals surface area contributed by atoms with Gasteiger partial charge in [-0.2, -0.15) is 13.2 Å². The predicted octanol–water partition coefficient (Wildman–Crippen LogP) is 1.58. The third-order valence-corrected chi connectivity index (χ3v) is 2.85. The van der Waals surface area contributed by atoms with Gasteiger partial charge in [-0.05, 0) is 23.3 Å². The summed E-state index contributed by atoms with van der Waals surface area (Å²) in [6, 6.07) is 0. The van der Waals surface area contributed by atoms with Gasteiger partial charge in [-0.15, -0.1) is 5.10 Å². The van der Waals surface area contributed by atoms with E-state index < -0.39 is 18.6 Å². The van der Waals surface area contributed by atoms with Crippen LogP contribution in [0.25, 0.3) is 0 Å². The summed E-state index contributed by atoms with van der Waals surface area (Å²) in [4.78, 5) is 10.4. The lowest BCUT2D eigenvalue weighted by atomic mass is 10.2. The molecule has 1 N–H and O–H groups in total. The van der Waals surface area contributed by atoms with Crippen LogP contribution < -0.4 is 0 Å². The van der Waals surface area contributed by atoms with E-state index in [4.69, 9.17) is 5.11 Å². The topological polar surface area (TPSA) is 80.9 Å². The summed E-state index contributed by atoms with van der Waals surface area (Å²) in [5.41, 5.74) is 0. The number of rotatable bonds is 7. The number of hydrogen-bond acceptors (Lipinski definition) is 5. The number of carboxylic acids is 1. The second-order valence-corrected chi connectivity index (χ2v) is 4.38. The van der Waals surface area contributed by atoms with Crippen molar-refractivity contribution in [2.45, 2.75) is 37.1 Å². The van der Waals surface area contributed by atoms with Crippen LogP contribution in [0.3, 0.4) is 0 Å². The SMILES string of the molecule is O=C(O)CSc1nnnn1CCCCC(F)(F)F. The van der Waals surface area contributed by atoms with Gasteiger partial charge < -0.3 is 5.11 Å². The smallest absolute Gasteiger partial charge is 0.389 e. The molecule has 0 aromatic carbocycles. The first-order valence-corrected chi connectivity index (χ1v) is 6.04. The molecule has 6 nitrogen and oxygen atoms in total. The van der Waals surface area contributed by atoms with Gasteiger partial charge in [-0.25, -0.2) is 4.68 Å². The molecule has 0 aliphatic heterocycles. The molecule has 0 radical (unpaired) electrons. The average Bonchev–Trinajstić information content (AvgIpc) is 2.67. The maximum absolute atomic E-state index is 11.9. The van der Waals surface area contributed by atoms with Crippen LogP contribution in [0.15, 0.2) is 5.16 Å². The molecule has 18 heavy (non-hydrogen) atoms. The fourth-order valence-electron chi connectivity index (χ4n) is 1.15. The minimum absolute atomic E-state index is 0.00754. The fraction of sp³-hybridized carbons (Fsp3) is 0.750. The maximum atomic E-state index is 11.9. The van der Waals surface area contributed by atoms with E-state index in [0.29, 0.717) is 5.16 Å². The number of aryl methyl sites for hydroxylation is 1. The molecule has 0 saturated carbocycles. The number of nitrogens with zero attached hydrogens (tertiary/aromatic N) is 4. The lowest BCUT2D eigenvalue weighted by Crippen LogP contribution is -2.09. The molecular formula is C8H11F3N4O2S. The van der Waals surface area contributed by atoms with E-state index in [9.17, 15) is 18.0 Å². The van der Waals surface area contributed by atoms with E-state index in [1.165, 1.54) is 4.68 Å². The van der Waals surface area contributed by atoms with E-state index in [0.717, 1.165) is 11.8 Å². The van der Waals surface area contributed by atoms with Crippen LogP contribution in [-0.4, -0.2) is 43.2 Å². The highest BCUT2D eigenvalue weighted by atomic mass is 32.2. The van der Waals surface area contributed by atoms with Gasteiger partial charge in [-0.1, -0.05) is 11.8 Å². The van der Waals surface area contributed by atoms with Gasteiger partial charge in [-0.3, -0.25) is 4.79 Å². The Morgan fingerprint density at radius 1 is 1.39 bits per heavy atom.